The third-order valence-electron chi connectivity index (χ3n) is 6.12. The van der Waals surface area contributed by atoms with Gasteiger partial charge in [0, 0.05) is 24.5 Å². The number of methoxy groups -OCH3 is 3. The SMILES string of the molecule is CCOc1cc(/C(O)=C2\C(=O)C(=O)N(Cc3cccnc3)C2c2cc(OC)c(OC)c(OC)c2)ccc1Cl. The van der Waals surface area contributed by atoms with Crippen molar-refractivity contribution >= 4 is 29.1 Å². The number of amides is 1. The molecule has 0 saturated carbocycles. The highest BCUT2D eigenvalue weighted by Gasteiger charge is 2.46. The Morgan fingerprint density at radius 3 is 2.32 bits per heavy atom. The first-order chi connectivity index (χ1) is 18.3. The number of ketones is 1. The van der Waals surface area contributed by atoms with Gasteiger partial charge in [-0.1, -0.05) is 17.7 Å². The van der Waals surface area contributed by atoms with E-state index in [-0.39, 0.29) is 23.4 Å². The molecule has 0 spiro atoms. The maximum Gasteiger partial charge on any atom is 0.295 e. The average molecular weight is 539 g/mol. The summed E-state index contributed by atoms with van der Waals surface area (Å²) in [5.41, 5.74) is 1.35. The van der Waals surface area contributed by atoms with E-state index in [1.165, 1.54) is 32.3 Å². The van der Waals surface area contributed by atoms with Crippen LogP contribution in [0.2, 0.25) is 5.02 Å². The monoisotopic (exact) mass is 538 g/mol. The normalized spacial score (nSPS) is 16.4. The molecule has 4 rings (SSSR count). The molecule has 1 N–H and O–H groups in total. The van der Waals surface area contributed by atoms with Gasteiger partial charge in [0.05, 0.1) is 44.6 Å². The molecule has 1 unspecified atom stereocenters. The molecule has 198 valence electrons. The average Bonchev–Trinajstić information content (AvgIpc) is 3.18. The first-order valence-electron chi connectivity index (χ1n) is 11.7. The zero-order valence-corrected chi connectivity index (χ0v) is 22.1. The first-order valence-corrected chi connectivity index (χ1v) is 12.1. The number of benzene rings is 2. The molecule has 9 nitrogen and oxygen atoms in total. The summed E-state index contributed by atoms with van der Waals surface area (Å²) in [6.45, 7) is 2.23. The fourth-order valence-corrected chi connectivity index (χ4v) is 4.58. The summed E-state index contributed by atoms with van der Waals surface area (Å²) >= 11 is 6.23. The molecule has 1 aromatic heterocycles. The molecule has 1 saturated heterocycles. The van der Waals surface area contributed by atoms with Crippen molar-refractivity contribution in [3.05, 3.63) is 82.1 Å². The molecule has 2 heterocycles. The van der Waals surface area contributed by atoms with Crippen LogP contribution in [0.25, 0.3) is 5.76 Å². The van der Waals surface area contributed by atoms with Crippen LogP contribution in [0.15, 0.2) is 60.4 Å². The van der Waals surface area contributed by atoms with Gasteiger partial charge in [0.25, 0.3) is 11.7 Å². The third-order valence-corrected chi connectivity index (χ3v) is 6.44. The Bertz CT molecular complexity index is 1370. The van der Waals surface area contributed by atoms with Gasteiger partial charge >= 0.3 is 0 Å². The van der Waals surface area contributed by atoms with Crippen LogP contribution in [-0.4, -0.2) is 54.6 Å². The second kappa shape index (κ2) is 11.4. The fourth-order valence-electron chi connectivity index (χ4n) is 4.41. The summed E-state index contributed by atoms with van der Waals surface area (Å²) in [6.07, 6.45) is 3.23. The molecule has 3 aromatic rings. The van der Waals surface area contributed by atoms with Crippen LogP contribution >= 0.6 is 11.6 Å². The van der Waals surface area contributed by atoms with Crippen LogP contribution in [-0.2, 0) is 16.1 Å². The van der Waals surface area contributed by atoms with E-state index in [2.05, 4.69) is 4.98 Å². The lowest BCUT2D eigenvalue weighted by Gasteiger charge is -2.26. The van der Waals surface area contributed by atoms with Crippen molar-refractivity contribution in [1.29, 1.82) is 0 Å². The van der Waals surface area contributed by atoms with Gasteiger partial charge in [-0.15, -0.1) is 0 Å². The number of aromatic nitrogens is 1. The number of aliphatic hydroxyl groups is 1. The van der Waals surface area contributed by atoms with E-state index in [1.807, 2.05) is 0 Å². The number of carbonyl (C=O) groups is 2. The highest BCUT2D eigenvalue weighted by molar-refractivity contribution is 6.46. The van der Waals surface area contributed by atoms with E-state index in [4.69, 9.17) is 30.5 Å². The number of hydrogen-bond acceptors (Lipinski definition) is 8. The van der Waals surface area contributed by atoms with Crippen LogP contribution in [0.5, 0.6) is 23.0 Å². The van der Waals surface area contributed by atoms with Crippen molar-refractivity contribution < 1.29 is 33.6 Å². The molecule has 2 aromatic carbocycles. The second-order valence-corrected chi connectivity index (χ2v) is 8.73. The highest BCUT2D eigenvalue weighted by Crippen LogP contribution is 2.46. The number of Topliss-reactive ketones (excluding diaryl/α,β-unsaturated/α-hetero) is 1. The van der Waals surface area contributed by atoms with Crippen molar-refractivity contribution in [1.82, 2.24) is 9.88 Å². The number of hydrogen-bond donors (Lipinski definition) is 1. The fraction of sp³-hybridized carbons (Fsp3) is 0.250. The van der Waals surface area contributed by atoms with E-state index < -0.39 is 17.7 Å². The zero-order chi connectivity index (χ0) is 27.4. The van der Waals surface area contributed by atoms with Crippen LogP contribution < -0.4 is 18.9 Å². The van der Waals surface area contributed by atoms with Crippen molar-refractivity contribution in [2.75, 3.05) is 27.9 Å². The van der Waals surface area contributed by atoms with Gasteiger partial charge < -0.3 is 29.0 Å². The number of rotatable bonds is 9. The number of halogens is 1. The quantitative estimate of drug-likeness (QED) is 0.235. The number of likely N-dealkylation sites (tertiary alicyclic amines) is 1. The maximum atomic E-state index is 13.4. The predicted molar refractivity (Wildman–Crippen MR) is 141 cm³/mol. The Morgan fingerprint density at radius 2 is 1.74 bits per heavy atom. The first kappa shape index (κ1) is 26.8. The molecule has 38 heavy (non-hydrogen) atoms. The number of ether oxygens (including phenoxy) is 4. The lowest BCUT2D eigenvalue weighted by atomic mass is 9.94. The minimum absolute atomic E-state index is 0.0708. The number of carbonyl (C=O) groups excluding carboxylic acids is 2. The smallest absolute Gasteiger partial charge is 0.295 e. The van der Waals surface area contributed by atoms with Gasteiger partial charge in [0.2, 0.25) is 5.75 Å². The molecule has 1 fully saturated rings. The number of aliphatic hydroxyl groups excluding tert-OH is 1. The topological polar surface area (TPSA) is 107 Å². The highest BCUT2D eigenvalue weighted by atomic mass is 35.5. The maximum absolute atomic E-state index is 13.4. The van der Waals surface area contributed by atoms with Gasteiger partial charge in [-0.2, -0.15) is 0 Å². The van der Waals surface area contributed by atoms with Crippen molar-refractivity contribution in [2.45, 2.75) is 19.5 Å². The van der Waals surface area contributed by atoms with Crippen molar-refractivity contribution in [3.63, 3.8) is 0 Å². The molecule has 1 aliphatic heterocycles. The third kappa shape index (κ3) is 4.97. The summed E-state index contributed by atoms with van der Waals surface area (Å²) < 4.78 is 22.0. The van der Waals surface area contributed by atoms with Crippen LogP contribution in [0.3, 0.4) is 0 Å². The van der Waals surface area contributed by atoms with Crippen LogP contribution in [0.1, 0.15) is 29.7 Å². The van der Waals surface area contributed by atoms with Gasteiger partial charge in [-0.05, 0) is 54.4 Å². The van der Waals surface area contributed by atoms with E-state index in [0.717, 1.165) is 0 Å². The van der Waals surface area contributed by atoms with Gasteiger partial charge in [-0.25, -0.2) is 0 Å². The molecule has 1 amide bonds. The molecule has 0 radical (unpaired) electrons. The van der Waals surface area contributed by atoms with Gasteiger partial charge in [0.15, 0.2) is 11.5 Å². The van der Waals surface area contributed by atoms with Crippen LogP contribution in [0, 0.1) is 0 Å². The molecule has 0 bridgehead atoms. The van der Waals surface area contributed by atoms with Crippen LogP contribution in [0.4, 0.5) is 0 Å². The Balaban J connectivity index is 1.95. The molecule has 1 aliphatic rings. The summed E-state index contributed by atoms with van der Waals surface area (Å²) in [4.78, 5) is 32.3. The molecule has 0 aliphatic carbocycles. The largest absolute Gasteiger partial charge is 0.507 e. The number of pyridine rings is 1. The minimum Gasteiger partial charge on any atom is -0.507 e. The molecule has 1 atom stereocenters. The van der Waals surface area contributed by atoms with E-state index in [0.29, 0.717) is 45.8 Å². The molecular formula is C28H27ClN2O7. The Kier molecular flexibility index (Phi) is 8.07. The lowest BCUT2D eigenvalue weighted by molar-refractivity contribution is -0.140. The Morgan fingerprint density at radius 1 is 1.03 bits per heavy atom. The van der Waals surface area contributed by atoms with E-state index in [9.17, 15) is 14.7 Å². The standard InChI is InChI=1S/C28H27ClN2O7/c1-5-38-20-11-17(8-9-19(20)29)25(32)23-24(18-12-21(35-2)27(37-4)22(13-18)36-3)31(28(34)26(23)33)15-16-7-6-10-30-14-16/h6-14,24,32H,5,15H2,1-4H3/b25-23+. The van der Waals surface area contributed by atoms with E-state index in [1.54, 1.807) is 55.7 Å². The Hall–Kier alpha value is -4.24. The summed E-state index contributed by atoms with van der Waals surface area (Å²) in [7, 11) is 4.41. The lowest BCUT2D eigenvalue weighted by Crippen LogP contribution is -2.29. The van der Waals surface area contributed by atoms with Gasteiger partial charge in [0.1, 0.15) is 11.5 Å². The molecule has 10 heteroatoms. The zero-order valence-electron chi connectivity index (χ0n) is 21.4. The number of nitrogens with zero attached hydrogens (tertiary/aromatic N) is 2. The summed E-state index contributed by atoms with van der Waals surface area (Å²) in [6, 6.07) is 10.5. The summed E-state index contributed by atoms with van der Waals surface area (Å²) in [5.74, 6) is -0.619. The predicted octanol–water partition coefficient (Wildman–Crippen LogP) is 4.78. The second-order valence-electron chi connectivity index (χ2n) is 8.33. The molecular weight excluding hydrogens is 512 g/mol. The minimum atomic E-state index is -0.977. The van der Waals surface area contributed by atoms with Crippen molar-refractivity contribution in [2.24, 2.45) is 0 Å². The van der Waals surface area contributed by atoms with E-state index >= 15 is 0 Å². The Labute approximate surface area is 225 Å². The van der Waals surface area contributed by atoms with Gasteiger partial charge in [-0.3, -0.25) is 14.6 Å². The van der Waals surface area contributed by atoms with Crippen molar-refractivity contribution in [3.8, 4) is 23.0 Å². The summed E-state index contributed by atoms with van der Waals surface area (Å²) in [5, 5.41) is 11.8.